The predicted molar refractivity (Wildman–Crippen MR) is 131 cm³/mol. The standard InChI is InChI=1S/C24H27ClN4O5S/c1-26-12-21-23(31)29(15-28(21)14-26)19-6-8-27(9-7-19)24(32)22(30)13-35(33,34)20-5-3-16-10-18(25)4-2-17(16)11-20/h2-5,10-12,19,22,30H,6-9,13-15H2,1H3/t22-/m0/s1. The summed E-state index contributed by atoms with van der Waals surface area (Å²) in [5.41, 5.74) is 0.698. The van der Waals surface area contributed by atoms with E-state index in [9.17, 15) is 23.1 Å². The van der Waals surface area contributed by atoms with Crippen LogP contribution in [0.4, 0.5) is 0 Å². The number of carbonyl (C=O) groups excluding carboxylic acids is 2. The Kier molecular flexibility index (Phi) is 6.14. The Balaban J connectivity index is 1.19. The third-order valence-electron chi connectivity index (χ3n) is 6.89. The van der Waals surface area contributed by atoms with E-state index in [4.69, 9.17) is 11.6 Å². The molecule has 11 heteroatoms. The summed E-state index contributed by atoms with van der Waals surface area (Å²) in [7, 11) is -1.96. The zero-order valence-electron chi connectivity index (χ0n) is 19.3. The highest BCUT2D eigenvalue weighted by atomic mass is 35.5. The van der Waals surface area contributed by atoms with Gasteiger partial charge in [0.15, 0.2) is 9.84 Å². The van der Waals surface area contributed by atoms with Gasteiger partial charge in [-0.1, -0.05) is 23.7 Å². The van der Waals surface area contributed by atoms with Gasteiger partial charge in [-0.3, -0.25) is 9.59 Å². The molecule has 2 aromatic rings. The van der Waals surface area contributed by atoms with Crippen molar-refractivity contribution >= 4 is 44.0 Å². The Labute approximate surface area is 209 Å². The molecule has 1 N–H and O–H groups in total. The van der Waals surface area contributed by atoms with E-state index in [0.717, 1.165) is 5.39 Å². The molecule has 0 spiro atoms. The quantitative estimate of drug-likeness (QED) is 0.639. The second-order valence-electron chi connectivity index (χ2n) is 9.38. The Bertz CT molecular complexity index is 1320. The van der Waals surface area contributed by atoms with Crippen LogP contribution in [-0.4, -0.2) is 96.3 Å². The zero-order chi connectivity index (χ0) is 24.9. The Hall–Kier alpha value is -2.82. The molecule has 186 valence electrons. The van der Waals surface area contributed by atoms with E-state index in [1.54, 1.807) is 24.3 Å². The van der Waals surface area contributed by atoms with Crippen molar-refractivity contribution in [1.29, 1.82) is 0 Å². The molecule has 5 rings (SSSR count). The molecule has 0 aliphatic carbocycles. The van der Waals surface area contributed by atoms with Crippen LogP contribution in [0, 0.1) is 0 Å². The molecule has 0 aromatic heterocycles. The number of halogens is 1. The minimum Gasteiger partial charge on any atom is -0.382 e. The van der Waals surface area contributed by atoms with Crippen molar-refractivity contribution in [3.63, 3.8) is 0 Å². The van der Waals surface area contributed by atoms with Gasteiger partial charge in [0.2, 0.25) is 0 Å². The summed E-state index contributed by atoms with van der Waals surface area (Å²) in [6, 6.07) is 9.80. The van der Waals surface area contributed by atoms with Gasteiger partial charge in [-0.25, -0.2) is 8.42 Å². The maximum Gasteiger partial charge on any atom is 0.273 e. The number of likely N-dealkylation sites (tertiary alicyclic amines) is 1. The lowest BCUT2D eigenvalue weighted by Gasteiger charge is -2.37. The number of aliphatic hydroxyl groups is 1. The van der Waals surface area contributed by atoms with Gasteiger partial charge in [0.1, 0.15) is 11.8 Å². The van der Waals surface area contributed by atoms with Crippen LogP contribution >= 0.6 is 11.6 Å². The van der Waals surface area contributed by atoms with Gasteiger partial charge in [-0.2, -0.15) is 0 Å². The highest BCUT2D eigenvalue weighted by Gasteiger charge is 2.41. The molecular formula is C24H27ClN4O5S. The Morgan fingerprint density at radius 2 is 1.80 bits per heavy atom. The molecule has 0 unspecified atom stereocenters. The number of rotatable bonds is 5. The van der Waals surface area contributed by atoms with Crippen molar-refractivity contribution in [2.45, 2.75) is 29.9 Å². The first kappa shape index (κ1) is 23.9. The minimum absolute atomic E-state index is 0.00270. The fraction of sp³-hybridized carbons (Fsp3) is 0.417. The fourth-order valence-corrected chi connectivity index (χ4v) is 6.55. The van der Waals surface area contributed by atoms with E-state index >= 15 is 0 Å². The van der Waals surface area contributed by atoms with Crippen molar-refractivity contribution in [1.82, 2.24) is 19.6 Å². The average molecular weight is 519 g/mol. The molecule has 3 heterocycles. The molecule has 0 saturated carbocycles. The Morgan fingerprint density at radius 3 is 2.51 bits per heavy atom. The molecule has 2 fully saturated rings. The number of hydrogen-bond acceptors (Lipinski definition) is 7. The molecule has 0 radical (unpaired) electrons. The maximum absolute atomic E-state index is 12.9. The van der Waals surface area contributed by atoms with E-state index in [1.807, 2.05) is 27.9 Å². The first-order valence-electron chi connectivity index (χ1n) is 11.5. The summed E-state index contributed by atoms with van der Waals surface area (Å²) < 4.78 is 25.8. The van der Waals surface area contributed by atoms with Crippen molar-refractivity contribution in [2.24, 2.45) is 0 Å². The number of sulfone groups is 1. The van der Waals surface area contributed by atoms with Gasteiger partial charge >= 0.3 is 0 Å². The lowest BCUT2D eigenvalue weighted by Crippen LogP contribution is -2.51. The topological polar surface area (TPSA) is 101 Å². The summed E-state index contributed by atoms with van der Waals surface area (Å²) in [5, 5.41) is 12.6. The number of nitrogens with zero attached hydrogens (tertiary/aromatic N) is 4. The third-order valence-corrected chi connectivity index (χ3v) is 8.85. The van der Waals surface area contributed by atoms with E-state index in [1.165, 1.54) is 17.0 Å². The van der Waals surface area contributed by atoms with E-state index < -0.39 is 27.6 Å². The third kappa shape index (κ3) is 4.57. The molecule has 35 heavy (non-hydrogen) atoms. The molecule has 9 nitrogen and oxygen atoms in total. The second kappa shape index (κ2) is 9.00. The van der Waals surface area contributed by atoms with Crippen LogP contribution in [0.3, 0.4) is 0 Å². The Morgan fingerprint density at radius 1 is 1.11 bits per heavy atom. The number of fused-ring (bicyclic) bond motifs is 2. The van der Waals surface area contributed by atoms with Crippen LogP contribution < -0.4 is 0 Å². The van der Waals surface area contributed by atoms with Crippen molar-refractivity contribution in [3.8, 4) is 0 Å². The second-order valence-corrected chi connectivity index (χ2v) is 11.8. The number of hydrogen-bond donors (Lipinski definition) is 1. The molecule has 0 bridgehead atoms. The lowest BCUT2D eigenvalue weighted by atomic mass is 10.0. The van der Waals surface area contributed by atoms with Gasteiger partial charge in [-0.15, -0.1) is 0 Å². The zero-order valence-corrected chi connectivity index (χ0v) is 20.9. The highest BCUT2D eigenvalue weighted by Crippen LogP contribution is 2.29. The van der Waals surface area contributed by atoms with Crippen LogP contribution in [0.15, 0.2) is 53.2 Å². The molecule has 1 atom stereocenters. The molecular weight excluding hydrogens is 492 g/mol. The minimum atomic E-state index is -3.89. The van der Waals surface area contributed by atoms with Gasteiger partial charge in [-0.05, 0) is 47.9 Å². The van der Waals surface area contributed by atoms with Gasteiger partial charge in [0, 0.05) is 37.4 Å². The van der Waals surface area contributed by atoms with Crippen molar-refractivity contribution in [2.75, 3.05) is 39.2 Å². The number of carbonyl (C=O) groups is 2. The molecule has 3 aliphatic rings. The smallest absolute Gasteiger partial charge is 0.273 e. The summed E-state index contributed by atoms with van der Waals surface area (Å²) in [6.45, 7) is 1.94. The van der Waals surface area contributed by atoms with Crippen LogP contribution in [-0.2, 0) is 19.4 Å². The number of amides is 2. The van der Waals surface area contributed by atoms with Crippen LogP contribution in [0.2, 0.25) is 5.02 Å². The summed E-state index contributed by atoms with van der Waals surface area (Å²) in [4.78, 5) is 33.0. The lowest BCUT2D eigenvalue weighted by molar-refractivity contribution is -0.141. The van der Waals surface area contributed by atoms with Gasteiger partial charge in [0.25, 0.3) is 11.8 Å². The first-order valence-corrected chi connectivity index (χ1v) is 13.5. The normalized spacial score (nSPS) is 20.0. The van der Waals surface area contributed by atoms with E-state index in [2.05, 4.69) is 0 Å². The average Bonchev–Trinajstić information content (AvgIpc) is 3.34. The number of benzene rings is 2. The summed E-state index contributed by atoms with van der Waals surface area (Å²) >= 11 is 5.99. The van der Waals surface area contributed by atoms with Gasteiger partial charge in [0.05, 0.1) is 24.0 Å². The van der Waals surface area contributed by atoms with E-state index in [0.29, 0.717) is 55.4 Å². The molecule has 2 aromatic carbocycles. The fourth-order valence-electron chi connectivity index (χ4n) is 5.04. The predicted octanol–water partition coefficient (Wildman–Crippen LogP) is 1.46. The monoisotopic (exact) mass is 518 g/mol. The van der Waals surface area contributed by atoms with Crippen LogP contribution in [0.1, 0.15) is 12.8 Å². The largest absolute Gasteiger partial charge is 0.382 e. The van der Waals surface area contributed by atoms with Crippen molar-refractivity contribution in [3.05, 3.63) is 53.3 Å². The maximum atomic E-state index is 12.9. The molecule has 3 aliphatic heterocycles. The number of piperidine rings is 1. The van der Waals surface area contributed by atoms with E-state index in [-0.39, 0.29) is 16.8 Å². The molecule has 2 saturated heterocycles. The SMILES string of the molecule is CN1C=C2C(=O)N(C3CCN(C(=O)[C@@H](O)CS(=O)(=O)c4ccc5cc(Cl)ccc5c4)CC3)CN2C1. The van der Waals surface area contributed by atoms with Gasteiger partial charge < -0.3 is 24.7 Å². The van der Waals surface area contributed by atoms with Crippen LogP contribution in [0.25, 0.3) is 10.8 Å². The summed E-state index contributed by atoms with van der Waals surface area (Å²) in [6.07, 6.45) is 1.36. The summed E-state index contributed by atoms with van der Waals surface area (Å²) in [5.74, 6) is -1.29. The molecule has 2 amide bonds. The van der Waals surface area contributed by atoms with Crippen molar-refractivity contribution < 1.29 is 23.1 Å². The number of aliphatic hydroxyl groups excluding tert-OH is 1. The highest BCUT2D eigenvalue weighted by molar-refractivity contribution is 7.91. The first-order chi connectivity index (χ1) is 16.6. The van der Waals surface area contributed by atoms with Crippen LogP contribution in [0.5, 0.6) is 0 Å².